The molecule has 0 aliphatic heterocycles. The Morgan fingerprint density at radius 3 is 2.32 bits per heavy atom. The van der Waals surface area contributed by atoms with Crippen molar-refractivity contribution >= 4 is 46.1 Å². The third-order valence-corrected chi connectivity index (χ3v) is 4.78. The number of hydrogen-bond donors (Lipinski definition) is 2. The molecule has 3 rings (SSSR count). The Balaban J connectivity index is 1.76. The second kappa shape index (κ2) is 8.91. The third-order valence-electron chi connectivity index (χ3n) is 3.67. The molecule has 2 N–H and O–H groups in total. The lowest BCUT2D eigenvalue weighted by atomic mass is 10.1. The fourth-order valence-corrected chi connectivity index (χ4v) is 3.30. The molecule has 2 aromatic carbocycles. The van der Waals surface area contributed by atoms with Gasteiger partial charge in [-0.05, 0) is 61.7 Å². The number of amides is 2. The third kappa shape index (κ3) is 5.12. The molecule has 0 atom stereocenters. The monoisotopic (exact) mass is 414 g/mol. The van der Waals surface area contributed by atoms with Crippen LogP contribution in [-0.2, 0) is 0 Å². The van der Waals surface area contributed by atoms with Crippen molar-refractivity contribution in [3.63, 3.8) is 0 Å². The van der Waals surface area contributed by atoms with Crippen LogP contribution >= 0.6 is 22.9 Å². The van der Waals surface area contributed by atoms with Gasteiger partial charge in [0.05, 0.1) is 16.5 Å². The van der Waals surface area contributed by atoms with E-state index < -0.39 is 0 Å². The number of carbonyl (C=O) groups is 2. The van der Waals surface area contributed by atoms with Crippen LogP contribution in [0.4, 0.5) is 11.4 Å². The lowest BCUT2D eigenvalue weighted by Crippen LogP contribution is -2.16. The van der Waals surface area contributed by atoms with Gasteiger partial charge in [0.2, 0.25) is 0 Å². The van der Waals surface area contributed by atoms with Crippen LogP contribution in [0.25, 0.3) is 0 Å². The zero-order valence-corrected chi connectivity index (χ0v) is 16.9. The van der Waals surface area contributed by atoms with Gasteiger partial charge in [-0.2, -0.15) is 0 Å². The Bertz CT molecular complexity index is 987. The highest BCUT2D eigenvalue weighted by molar-refractivity contribution is 7.12. The summed E-state index contributed by atoms with van der Waals surface area (Å²) in [7, 11) is 0. The van der Waals surface area contributed by atoms with Gasteiger partial charge < -0.3 is 15.4 Å². The Hall–Kier alpha value is -2.83. The van der Waals surface area contributed by atoms with Crippen LogP contribution < -0.4 is 15.4 Å². The van der Waals surface area contributed by atoms with Crippen molar-refractivity contribution < 1.29 is 14.3 Å². The van der Waals surface area contributed by atoms with E-state index in [9.17, 15) is 9.59 Å². The summed E-state index contributed by atoms with van der Waals surface area (Å²) in [6, 6.07) is 15.4. The predicted molar refractivity (Wildman–Crippen MR) is 114 cm³/mol. The first-order valence-corrected chi connectivity index (χ1v) is 9.90. The fraction of sp³-hybridized carbons (Fsp3) is 0.143. The van der Waals surface area contributed by atoms with Crippen molar-refractivity contribution in [2.75, 3.05) is 10.6 Å². The molecule has 0 spiro atoms. The second-order valence-electron chi connectivity index (χ2n) is 6.27. The van der Waals surface area contributed by atoms with Gasteiger partial charge in [0.15, 0.2) is 0 Å². The molecule has 144 valence electrons. The summed E-state index contributed by atoms with van der Waals surface area (Å²) < 4.78 is 5.70. The summed E-state index contributed by atoms with van der Waals surface area (Å²) in [6.45, 7) is 3.77. The zero-order chi connectivity index (χ0) is 20.1. The number of nitrogens with one attached hydrogen (secondary N) is 2. The number of rotatable bonds is 6. The minimum atomic E-state index is -0.347. The van der Waals surface area contributed by atoms with E-state index in [4.69, 9.17) is 16.3 Å². The van der Waals surface area contributed by atoms with E-state index in [1.54, 1.807) is 48.5 Å². The molecule has 5 nitrogen and oxygen atoms in total. The van der Waals surface area contributed by atoms with Crippen molar-refractivity contribution in [3.05, 3.63) is 75.4 Å². The quantitative estimate of drug-likeness (QED) is 0.544. The zero-order valence-electron chi connectivity index (χ0n) is 15.4. The molecular weight excluding hydrogens is 396 g/mol. The number of thiophene rings is 1. The maximum Gasteiger partial charge on any atom is 0.265 e. The molecule has 0 unspecified atom stereocenters. The van der Waals surface area contributed by atoms with Crippen LogP contribution in [0.15, 0.2) is 60.0 Å². The highest BCUT2D eigenvalue weighted by Gasteiger charge is 2.15. The number of carbonyl (C=O) groups excluding carboxylic acids is 2. The van der Waals surface area contributed by atoms with E-state index in [2.05, 4.69) is 10.6 Å². The predicted octanol–water partition coefficient (Wildman–Crippen LogP) is 5.69. The lowest BCUT2D eigenvalue weighted by molar-refractivity contribution is 0.101. The summed E-state index contributed by atoms with van der Waals surface area (Å²) in [4.78, 5) is 25.6. The van der Waals surface area contributed by atoms with Crippen molar-refractivity contribution in [2.24, 2.45) is 0 Å². The maximum absolute atomic E-state index is 12.8. The topological polar surface area (TPSA) is 67.4 Å². The number of ether oxygens (including phenoxy) is 1. The van der Waals surface area contributed by atoms with Gasteiger partial charge in [-0.3, -0.25) is 9.59 Å². The van der Waals surface area contributed by atoms with Gasteiger partial charge in [-0.25, -0.2) is 0 Å². The average Bonchev–Trinajstić information content (AvgIpc) is 3.18. The van der Waals surface area contributed by atoms with Gasteiger partial charge in [0.25, 0.3) is 11.8 Å². The van der Waals surface area contributed by atoms with Gasteiger partial charge in [0.1, 0.15) is 5.75 Å². The van der Waals surface area contributed by atoms with Crippen molar-refractivity contribution in [2.45, 2.75) is 20.0 Å². The molecule has 0 saturated carbocycles. The van der Waals surface area contributed by atoms with Gasteiger partial charge in [-0.15, -0.1) is 11.3 Å². The Labute approximate surface area is 172 Å². The molecule has 0 saturated heterocycles. The second-order valence-corrected chi connectivity index (χ2v) is 7.66. The molecule has 0 fully saturated rings. The Morgan fingerprint density at radius 1 is 0.964 bits per heavy atom. The molecule has 2 amide bonds. The molecular formula is C21H19ClN2O3S. The fourth-order valence-electron chi connectivity index (χ4n) is 2.51. The number of hydrogen-bond acceptors (Lipinski definition) is 4. The summed E-state index contributed by atoms with van der Waals surface area (Å²) in [5.41, 5.74) is 1.47. The van der Waals surface area contributed by atoms with Crippen molar-refractivity contribution in [1.29, 1.82) is 0 Å². The summed E-state index contributed by atoms with van der Waals surface area (Å²) in [5, 5.41) is 7.92. The number of anilines is 2. The van der Waals surface area contributed by atoms with E-state index in [0.29, 0.717) is 32.6 Å². The first kappa shape index (κ1) is 19.9. The molecule has 7 heteroatoms. The highest BCUT2D eigenvalue weighted by Crippen LogP contribution is 2.26. The largest absolute Gasteiger partial charge is 0.490 e. The minimum Gasteiger partial charge on any atom is -0.490 e. The van der Waals surface area contributed by atoms with Crippen LogP contribution in [0.2, 0.25) is 5.02 Å². The number of halogens is 1. The first-order valence-electron chi connectivity index (χ1n) is 8.65. The standard InChI is InChI=1S/C21H19ClN2O3S/c1-13(2)27-18-9-8-14(22)11-17(18)20(25)23-15-5-3-6-16(12-15)24-21(26)19-7-4-10-28-19/h3-13H,1-2H3,(H,23,25)(H,24,26). The van der Waals surface area contributed by atoms with Gasteiger partial charge in [-0.1, -0.05) is 23.7 Å². The molecule has 1 aromatic heterocycles. The molecule has 0 bridgehead atoms. The molecule has 0 aliphatic carbocycles. The molecule has 0 aliphatic rings. The van der Waals surface area contributed by atoms with Crippen LogP contribution in [0.1, 0.15) is 33.9 Å². The average molecular weight is 415 g/mol. The van der Waals surface area contributed by atoms with Crippen LogP contribution in [0, 0.1) is 0 Å². The summed E-state index contributed by atoms with van der Waals surface area (Å²) in [6.07, 6.45) is -0.0801. The number of benzene rings is 2. The van der Waals surface area contributed by atoms with E-state index in [-0.39, 0.29) is 17.9 Å². The Kier molecular flexibility index (Phi) is 6.34. The van der Waals surface area contributed by atoms with Crippen molar-refractivity contribution in [1.82, 2.24) is 0 Å². The normalized spacial score (nSPS) is 10.6. The molecule has 0 radical (unpaired) electrons. The summed E-state index contributed by atoms with van der Waals surface area (Å²) >= 11 is 7.41. The lowest BCUT2D eigenvalue weighted by Gasteiger charge is -2.15. The molecule has 28 heavy (non-hydrogen) atoms. The highest BCUT2D eigenvalue weighted by atomic mass is 35.5. The minimum absolute atomic E-state index is 0.0801. The van der Waals surface area contributed by atoms with E-state index in [1.807, 2.05) is 25.3 Å². The van der Waals surface area contributed by atoms with E-state index in [1.165, 1.54) is 11.3 Å². The van der Waals surface area contributed by atoms with Gasteiger partial charge >= 0.3 is 0 Å². The summed E-state index contributed by atoms with van der Waals surface area (Å²) in [5.74, 6) is -0.0835. The SMILES string of the molecule is CC(C)Oc1ccc(Cl)cc1C(=O)Nc1cccc(NC(=O)c2cccs2)c1. The van der Waals surface area contributed by atoms with Crippen molar-refractivity contribution in [3.8, 4) is 5.75 Å². The van der Waals surface area contributed by atoms with E-state index >= 15 is 0 Å². The Morgan fingerprint density at radius 2 is 1.68 bits per heavy atom. The van der Waals surface area contributed by atoms with Gasteiger partial charge in [0, 0.05) is 16.4 Å². The maximum atomic E-state index is 12.8. The van der Waals surface area contributed by atoms with Crippen LogP contribution in [0.5, 0.6) is 5.75 Å². The molecule has 1 heterocycles. The smallest absolute Gasteiger partial charge is 0.265 e. The van der Waals surface area contributed by atoms with Crippen LogP contribution in [0.3, 0.4) is 0 Å². The first-order chi connectivity index (χ1) is 13.4. The van der Waals surface area contributed by atoms with Crippen LogP contribution in [-0.4, -0.2) is 17.9 Å². The molecule has 3 aromatic rings. The van der Waals surface area contributed by atoms with E-state index in [0.717, 1.165) is 0 Å².